The molecule has 1 aliphatic heterocycles. The van der Waals surface area contributed by atoms with E-state index < -0.39 is 0 Å². The summed E-state index contributed by atoms with van der Waals surface area (Å²) in [6.07, 6.45) is 2.56. The Morgan fingerprint density at radius 2 is 2.06 bits per heavy atom. The highest BCUT2D eigenvalue weighted by molar-refractivity contribution is 14.1. The molecule has 1 heterocycles. The molecule has 1 saturated heterocycles. The first-order valence-electron chi connectivity index (χ1n) is 5.62. The van der Waals surface area contributed by atoms with Gasteiger partial charge in [0.1, 0.15) is 0 Å². The molecule has 1 aliphatic rings. The maximum Gasteiger partial charge on any atom is 0.269 e. The first kappa shape index (κ1) is 12.8. The van der Waals surface area contributed by atoms with Gasteiger partial charge in [-0.05, 0) is 18.4 Å². The summed E-state index contributed by atoms with van der Waals surface area (Å²) >= 11 is 2.34. The van der Waals surface area contributed by atoms with E-state index in [1.165, 1.54) is 0 Å². The van der Waals surface area contributed by atoms with Gasteiger partial charge in [-0.1, -0.05) is 34.7 Å². The smallest absolute Gasteiger partial charge is 0.269 e. The van der Waals surface area contributed by atoms with Gasteiger partial charge in [0.2, 0.25) is 0 Å². The second-order valence-electron chi connectivity index (χ2n) is 4.23. The first-order valence-corrected chi connectivity index (χ1v) is 7.15. The van der Waals surface area contributed by atoms with Crippen molar-refractivity contribution in [1.82, 2.24) is 0 Å². The maximum atomic E-state index is 10.6. The summed E-state index contributed by atoms with van der Waals surface area (Å²) in [4.78, 5) is 10.2. The Labute approximate surface area is 114 Å². The fourth-order valence-electron chi connectivity index (χ4n) is 2.06. The van der Waals surface area contributed by atoms with Gasteiger partial charge in [-0.25, -0.2) is 0 Å². The van der Waals surface area contributed by atoms with Crippen LogP contribution in [0.15, 0.2) is 24.3 Å². The number of hydrogen-bond acceptors (Lipinski definition) is 3. The Morgan fingerprint density at radius 1 is 1.35 bits per heavy atom. The minimum atomic E-state index is -0.368. The Morgan fingerprint density at radius 3 is 2.53 bits per heavy atom. The third kappa shape index (κ3) is 3.16. The number of alkyl halides is 1. The SMILES string of the molecule is O=[N+]([O-])c1ccc([C@H]2CC[C@@H](CI)OC2)cc1. The van der Waals surface area contributed by atoms with Crippen molar-refractivity contribution in [2.45, 2.75) is 24.9 Å². The number of halogens is 1. The minimum Gasteiger partial charge on any atom is -0.377 e. The van der Waals surface area contributed by atoms with Crippen LogP contribution in [0.5, 0.6) is 0 Å². The van der Waals surface area contributed by atoms with Crippen LogP contribution in [0.3, 0.4) is 0 Å². The van der Waals surface area contributed by atoms with Crippen LogP contribution in [0.4, 0.5) is 5.69 Å². The molecule has 1 aromatic carbocycles. The van der Waals surface area contributed by atoms with E-state index in [2.05, 4.69) is 22.6 Å². The van der Waals surface area contributed by atoms with Crippen molar-refractivity contribution < 1.29 is 9.66 Å². The molecule has 1 fully saturated rings. The second-order valence-corrected chi connectivity index (χ2v) is 5.11. The van der Waals surface area contributed by atoms with E-state index in [1.807, 2.05) is 12.1 Å². The topological polar surface area (TPSA) is 52.4 Å². The summed E-state index contributed by atoms with van der Waals surface area (Å²) in [6, 6.07) is 6.83. The molecule has 0 bridgehead atoms. The average Bonchev–Trinajstić information content (AvgIpc) is 2.39. The van der Waals surface area contributed by atoms with Crippen molar-refractivity contribution in [2.24, 2.45) is 0 Å². The van der Waals surface area contributed by atoms with Gasteiger partial charge in [-0.2, -0.15) is 0 Å². The predicted octanol–water partition coefficient (Wildman–Crippen LogP) is 3.29. The third-order valence-electron chi connectivity index (χ3n) is 3.12. The van der Waals surface area contributed by atoms with Crippen LogP contribution in [0, 0.1) is 10.1 Å². The molecule has 17 heavy (non-hydrogen) atoms. The third-order valence-corrected chi connectivity index (χ3v) is 4.10. The number of nitrogens with zero attached hydrogens (tertiary/aromatic N) is 1. The lowest BCUT2D eigenvalue weighted by atomic mass is 9.92. The van der Waals surface area contributed by atoms with Crippen LogP contribution in [0.2, 0.25) is 0 Å². The molecule has 0 N–H and O–H groups in total. The van der Waals surface area contributed by atoms with Gasteiger partial charge >= 0.3 is 0 Å². The van der Waals surface area contributed by atoms with E-state index in [9.17, 15) is 10.1 Å². The molecular weight excluding hydrogens is 333 g/mol. The van der Waals surface area contributed by atoms with Crippen LogP contribution < -0.4 is 0 Å². The summed E-state index contributed by atoms with van der Waals surface area (Å²) < 4.78 is 6.76. The van der Waals surface area contributed by atoms with Gasteiger partial charge in [0, 0.05) is 22.5 Å². The molecule has 0 radical (unpaired) electrons. The van der Waals surface area contributed by atoms with E-state index in [0.717, 1.165) is 29.4 Å². The fourth-order valence-corrected chi connectivity index (χ4v) is 2.75. The molecule has 1 aromatic rings. The van der Waals surface area contributed by atoms with Crippen LogP contribution in [0.1, 0.15) is 24.3 Å². The lowest BCUT2D eigenvalue weighted by molar-refractivity contribution is -0.384. The number of nitro groups is 1. The average molecular weight is 347 g/mol. The fraction of sp³-hybridized carbons (Fsp3) is 0.500. The zero-order valence-corrected chi connectivity index (χ0v) is 11.5. The van der Waals surface area contributed by atoms with Gasteiger partial charge in [-0.3, -0.25) is 10.1 Å². The Bertz CT molecular complexity index is 385. The number of hydrogen-bond donors (Lipinski definition) is 0. The van der Waals surface area contributed by atoms with E-state index in [4.69, 9.17) is 4.74 Å². The molecule has 0 aliphatic carbocycles. The molecule has 0 aromatic heterocycles. The van der Waals surface area contributed by atoms with E-state index in [1.54, 1.807) is 12.1 Å². The van der Waals surface area contributed by atoms with Gasteiger partial charge in [0.05, 0.1) is 17.6 Å². The first-order chi connectivity index (χ1) is 8.20. The van der Waals surface area contributed by atoms with Crippen molar-refractivity contribution in [3.05, 3.63) is 39.9 Å². The molecule has 0 amide bonds. The Kier molecular flexibility index (Phi) is 4.33. The van der Waals surface area contributed by atoms with Crippen LogP contribution in [-0.2, 0) is 4.74 Å². The normalized spacial score (nSPS) is 24.5. The van der Waals surface area contributed by atoms with Gasteiger partial charge < -0.3 is 4.74 Å². The standard InChI is InChI=1S/C12H14INO3/c13-7-12-6-3-10(8-17-12)9-1-4-11(5-2-9)14(15)16/h1-2,4-5,10,12H,3,6-8H2/t10-,12-/m0/s1. The van der Waals surface area contributed by atoms with Gasteiger partial charge in [0.15, 0.2) is 0 Å². The summed E-state index contributed by atoms with van der Waals surface area (Å²) in [5.74, 6) is 0.384. The monoisotopic (exact) mass is 347 g/mol. The quantitative estimate of drug-likeness (QED) is 0.365. The van der Waals surface area contributed by atoms with Crippen molar-refractivity contribution >= 4 is 28.3 Å². The molecule has 5 heteroatoms. The number of non-ortho nitro benzene ring substituents is 1. The summed E-state index contributed by atoms with van der Waals surface area (Å²) in [6.45, 7) is 0.728. The molecule has 0 spiro atoms. The highest BCUT2D eigenvalue weighted by atomic mass is 127. The molecule has 2 rings (SSSR count). The van der Waals surface area contributed by atoms with Crippen molar-refractivity contribution in [1.29, 1.82) is 0 Å². The van der Waals surface area contributed by atoms with Crippen LogP contribution >= 0.6 is 22.6 Å². The van der Waals surface area contributed by atoms with Crippen LogP contribution in [-0.4, -0.2) is 22.1 Å². The maximum absolute atomic E-state index is 10.6. The number of ether oxygens (including phenoxy) is 1. The summed E-state index contributed by atoms with van der Waals surface area (Å²) in [7, 11) is 0. The second kappa shape index (κ2) is 5.77. The highest BCUT2D eigenvalue weighted by Crippen LogP contribution is 2.29. The highest BCUT2D eigenvalue weighted by Gasteiger charge is 2.22. The van der Waals surface area contributed by atoms with Crippen molar-refractivity contribution in [3.8, 4) is 0 Å². The zero-order valence-electron chi connectivity index (χ0n) is 9.34. The molecular formula is C12H14INO3. The molecule has 2 atom stereocenters. The number of rotatable bonds is 3. The van der Waals surface area contributed by atoms with Gasteiger partial charge in [0.25, 0.3) is 5.69 Å². The van der Waals surface area contributed by atoms with E-state index in [-0.39, 0.29) is 10.6 Å². The lowest BCUT2D eigenvalue weighted by Gasteiger charge is -2.28. The Balaban J connectivity index is 2.01. The van der Waals surface area contributed by atoms with Crippen molar-refractivity contribution in [2.75, 3.05) is 11.0 Å². The Hall–Kier alpha value is -0.690. The van der Waals surface area contributed by atoms with Gasteiger partial charge in [-0.15, -0.1) is 0 Å². The largest absolute Gasteiger partial charge is 0.377 e. The zero-order chi connectivity index (χ0) is 12.3. The molecule has 0 saturated carbocycles. The number of nitro benzene ring substituents is 1. The molecule has 0 unspecified atom stereocenters. The van der Waals surface area contributed by atoms with Crippen LogP contribution in [0.25, 0.3) is 0 Å². The molecule has 4 nitrogen and oxygen atoms in total. The lowest BCUT2D eigenvalue weighted by Crippen LogP contribution is -2.25. The van der Waals surface area contributed by atoms with E-state index >= 15 is 0 Å². The predicted molar refractivity (Wildman–Crippen MR) is 73.7 cm³/mol. The van der Waals surface area contributed by atoms with E-state index in [0.29, 0.717) is 12.0 Å². The summed E-state index contributed by atoms with van der Waals surface area (Å²) in [5.41, 5.74) is 1.29. The minimum absolute atomic E-state index is 0.149. The molecule has 92 valence electrons. The van der Waals surface area contributed by atoms with Crippen molar-refractivity contribution in [3.63, 3.8) is 0 Å². The number of benzene rings is 1. The summed E-state index contributed by atoms with van der Waals surface area (Å²) in [5, 5.41) is 10.6.